The highest BCUT2D eigenvalue weighted by Crippen LogP contribution is 2.24. The third kappa shape index (κ3) is 2.31. The van der Waals surface area contributed by atoms with E-state index in [0.717, 1.165) is 25.8 Å². The molecule has 1 aliphatic heterocycles. The van der Waals surface area contributed by atoms with E-state index in [0.29, 0.717) is 5.82 Å². The third-order valence-corrected chi connectivity index (χ3v) is 3.36. The molecule has 1 saturated heterocycles. The van der Waals surface area contributed by atoms with Gasteiger partial charge in [0.25, 0.3) is 0 Å². The Morgan fingerprint density at radius 2 is 2.12 bits per heavy atom. The van der Waals surface area contributed by atoms with E-state index >= 15 is 0 Å². The molecule has 0 saturated carbocycles. The number of piperazine rings is 1. The van der Waals surface area contributed by atoms with Crippen LogP contribution in [0.2, 0.25) is 0 Å². The highest BCUT2D eigenvalue weighted by atomic mass is 19.1. The van der Waals surface area contributed by atoms with Crippen LogP contribution in [0, 0.1) is 5.82 Å². The largest absolute Gasteiger partial charge is 0.368 e. The van der Waals surface area contributed by atoms with Crippen molar-refractivity contribution >= 4 is 11.8 Å². The van der Waals surface area contributed by atoms with Gasteiger partial charge in [-0.15, -0.1) is 0 Å². The fourth-order valence-corrected chi connectivity index (χ4v) is 2.01. The summed E-state index contributed by atoms with van der Waals surface area (Å²) in [6, 6.07) is 0. The van der Waals surface area contributed by atoms with E-state index in [4.69, 9.17) is 5.73 Å². The molecule has 1 fully saturated rings. The molecule has 1 aromatic rings. The first-order valence-corrected chi connectivity index (χ1v) is 5.64. The molecule has 0 radical (unpaired) electrons. The van der Waals surface area contributed by atoms with Crippen LogP contribution in [0.15, 0.2) is 6.20 Å². The maximum absolute atomic E-state index is 13.7. The molecule has 0 bridgehead atoms. The van der Waals surface area contributed by atoms with Crippen molar-refractivity contribution < 1.29 is 4.39 Å². The number of aromatic nitrogens is 2. The van der Waals surface area contributed by atoms with Crippen molar-refractivity contribution in [3.63, 3.8) is 0 Å². The van der Waals surface area contributed by atoms with Crippen molar-refractivity contribution in [2.24, 2.45) is 0 Å². The molecule has 0 amide bonds. The van der Waals surface area contributed by atoms with E-state index in [9.17, 15) is 4.39 Å². The smallest absolute Gasteiger partial charge is 0.222 e. The molecule has 0 spiro atoms. The number of rotatable bonds is 1. The molecule has 0 aromatic carbocycles. The molecule has 2 rings (SSSR count). The van der Waals surface area contributed by atoms with Gasteiger partial charge in [-0.3, -0.25) is 4.90 Å². The van der Waals surface area contributed by atoms with Gasteiger partial charge >= 0.3 is 0 Å². The third-order valence-electron chi connectivity index (χ3n) is 3.36. The minimum Gasteiger partial charge on any atom is -0.368 e. The number of hydrogen-bond acceptors (Lipinski definition) is 5. The zero-order valence-corrected chi connectivity index (χ0v) is 10.4. The topological polar surface area (TPSA) is 58.3 Å². The second kappa shape index (κ2) is 4.10. The molecule has 1 aromatic heterocycles. The van der Waals surface area contributed by atoms with Gasteiger partial charge in [-0.1, -0.05) is 0 Å². The van der Waals surface area contributed by atoms with Gasteiger partial charge in [-0.25, -0.2) is 9.37 Å². The first kappa shape index (κ1) is 12.0. The van der Waals surface area contributed by atoms with E-state index in [2.05, 4.69) is 35.8 Å². The zero-order chi connectivity index (χ0) is 12.6. The number of hydrogen-bond donors (Lipinski definition) is 1. The molecule has 5 nitrogen and oxygen atoms in total. The Balaban J connectivity index is 2.26. The second-order valence-corrected chi connectivity index (χ2v) is 5.06. The Morgan fingerprint density at radius 1 is 1.41 bits per heavy atom. The number of nitrogens with zero attached hydrogens (tertiary/aromatic N) is 4. The average Bonchev–Trinajstić information content (AvgIpc) is 2.25. The van der Waals surface area contributed by atoms with Gasteiger partial charge in [-0.2, -0.15) is 4.98 Å². The van der Waals surface area contributed by atoms with Crippen molar-refractivity contribution in [1.29, 1.82) is 0 Å². The van der Waals surface area contributed by atoms with Gasteiger partial charge in [0.05, 0.1) is 6.20 Å². The molecule has 0 aliphatic carbocycles. The lowest BCUT2D eigenvalue weighted by Crippen LogP contribution is -2.58. The normalized spacial score (nSPS) is 20.6. The number of likely N-dealkylation sites (N-methyl/N-ethyl adjacent to an activating group) is 1. The van der Waals surface area contributed by atoms with Crippen LogP contribution in [0.25, 0.3) is 0 Å². The standard InChI is InChI=1S/C11H18FN5/c1-11(2)7-17(5-4-16(11)3)9-8(12)6-14-10(13)15-9/h6H,4-5,7H2,1-3H3,(H2,13,14,15). The number of halogens is 1. The Bertz CT molecular complexity index is 420. The maximum Gasteiger partial charge on any atom is 0.222 e. The minimum absolute atomic E-state index is 0.00952. The second-order valence-electron chi connectivity index (χ2n) is 5.06. The molecule has 2 heterocycles. The van der Waals surface area contributed by atoms with Crippen LogP contribution in [0.4, 0.5) is 16.2 Å². The Hall–Kier alpha value is -1.43. The summed E-state index contributed by atoms with van der Waals surface area (Å²) in [5, 5.41) is 0. The molecule has 1 aliphatic rings. The average molecular weight is 239 g/mol. The first-order valence-electron chi connectivity index (χ1n) is 5.64. The highest BCUT2D eigenvalue weighted by Gasteiger charge is 2.32. The fourth-order valence-electron chi connectivity index (χ4n) is 2.01. The summed E-state index contributed by atoms with van der Waals surface area (Å²) >= 11 is 0. The van der Waals surface area contributed by atoms with Gasteiger partial charge in [0.1, 0.15) is 0 Å². The lowest BCUT2D eigenvalue weighted by atomic mass is 10.00. The monoisotopic (exact) mass is 239 g/mol. The fraction of sp³-hybridized carbons (Fsp3) is 0.636. The molecule has 0 atom stereocenters. The summed E-state index contributed by atoms with van der Waals surface area (Å²) < 4.78 is 13.7. The van der Waals surface area contributed by atoms with Crippen molar-refractivity contribution in [2.45, 2.75) is 19.4 Å². The van der Waals surface area contributed by atoms with Crippen molar-refractivity contribution in [3.8, 4) is 0 Å². The summed E-state index contributed by atoms with van der Waals surface area (Å²) in [6.07, 6.45) is 1.13. The molecular formula is C11H18FN5. The van der Waals surface area contributed by atoms with Gasteiger partial charge in [0, 0.05) is 25.2 Å². The van der Waals surface area contributed by atoms with Crippen LogP contribution in [0.3, 0.4) is 0 Å². The van der Waals surface area contributed by atoms with Crippen LogP contribution in [-0.2, 0) is 0 Å². The van der Waals surface area contributed by atoms with Crippen molar-refractivity contribution in [2.75, 3.05) is 37.3 Å². The van der Waals surface area contributed by atoms with E-state index in [1.807, 2.05) is 4.90 Å². The number of anilines is 2. The summed E-state index contributed by atoms with van der Waals surface area (Å²) in [4.78, 5) is 11.8. The predicted molar refractivity (Wildman–Crippen MR) is 65.3 cm³/mol. The number of nitrogen functional groups attached to an aromatic ring is 1. The van der Waals surface area contributed by atoms with E-state index in [1.165, 1.54) is 0 Å². The Morgan fingerprint density at radius 3 is 2.76 bits per heavy atom. The lowest BCUT2D eigenvalue weighted by molar-refractivity contribution is 0.138. The summed E-state index contributed by atoms with van der Waals surface area (Å²) in [5.74, 6) is -0.00337. The van der Waals surface area contributed by atoms with Crippen LogP contribution in [0.1, 0.15) is 13.8 Å². The van der Waals surface area contributed by atoms with E-state index in [1.54, 1.807) is 0 Å². The molecule has 17 heavy (non-hydrogen) atoms. The van der Waals surface area contributed by atoms with Gasteiger partial charge in [0.15, 0.2) is 11.6 Å². The predicted octanol–water partition coefficient (Wildman–Crippen LogP) is 0.728. The van der Waals surface area contributed by atoms with Gasteiger partial charge in [0.2, 0.25) is 5.95 Å². The summed E-state index contributed by atoms with van der Waals surface area (Å²) in [6.45, 7) is 6.59. The summed E-state index contributed by atoms with van der Waals surface area (Å²) in [7, 11) is 2.07. The van der Waals surface area contributed by atoms with Crippen molar-refractivity contribution in [3.05, 3.63) is 12.0 Å². The van der Waals surface area contributed by atoms with Crippen LogP contribution in [0.5, 0.6) is 0 Å². The van der Waals surface area contributed by atoms with Crippen LogP contribution < -0.4 is 10.6 Å². The molecule has 0 unspecified atom stereocenters. The Labute approximate surface area is 100 Å². The number of nitrogens with two attached hydrogens (primary N) is 1. The first-order chi connectivity index (χ1) is 7.90. The van der Waals surface area contributed by atoms with Gasteiger partial charge < -0.3 is 10.6 Å². The van der Waals surface area contributed by atoms with Crippen LogP contribution >= 0.6 is 0 Å². The quantitative estimate of drug-likeness (QED) is 0.783. The SMILES string of the molecule is CN1CCN(c2nc(N)ncc2F)CC1(C)C. The van der Waals surface area contributed by atoms with Crippen LogP contribution in [-0.4, -0.2) is 47.1 Å². The molecule has 6 heteroatoms. The van der Waals surface area contributed by atoms with Gasteiger partial charge in [-0.05, 0) is 20.9 Å². The maximum atomic E-state index is 13.7. The van der Waals surface area contributed by atoms with Crippen molar-refractivity contribution in [1.82, 2.24) is 14.9 Å². The zero-order valence-electron chi connectivity index (χ0n) is 10.4. The lowest BCUT2D eigenvalue weighted by Gasteiger charge is -2.45. The Kier molecular flexibility index (Phi) is 2.91. The molecule has 2 N–H and O–H groups in total. The van der Waals surface area contributed by atoms with E-state index < -0.39 is 5.82 Å². The highest BCUT2D eigenvalue weighted by molar-refractivity contribution is 5.43. The summed E-state index contributed by atoms with van der Waals surface area (Å²) in [5.41, 5.74) is 5.49. The van der Waals surface area contributed by atoms with E-state index in [-0.39, 0.29) is 11.5 Å². The minimum atomic E-state index is -0.417. The molecular weight excluding hydrogens is 221 g/mol. The molecule has 94 valence electrons.